The second-order valence-corrected chi connectivity index (χ2v) is 7.33. The monoisotopic (exact) mass is 407 g/mol. The number of para-hydroxylation sites is 2. The normalized spacial score (nSPS) is 10.8. The molecule has 0 spiro atoms. The minimum atomic E-state index is -0.280. The highest BCUT2D eigenvalue weighted by atomic mass is 16.5. The Morgan fingerprint density at radius 1 is 0.967 bits per heavy atom. The van der Waals surface area contributed by atoms with Crippen molar-refractivity contribution in [3.63, 3.8) is 0 Å². The summed E-state index contributed by atoms with van der Waals surface area (Å²) in [4.78, 5) is 28.4. The molecule has 0 fully saturated rings. The molecule has 0 saturated heterocycles. The van der Waals surface area contributed by atoms with Gasteiger partial charge in [-0.1, -0.05) is 48.9 Å². The van der Waals surface area contributed by atoms with Crippen LogP contribution in [0.1, 0.15) is 37.1 Å². The number of ether oxygens (including phenoxy) is 1. The fourth-order valence-corrected chi connectivity index (χ4v) is 3.49. The second kappa shape index (κ2) is 11.1. The van der Waals surface area contributed by atoms with Gasteiger partial charge in [-0.2, -0.15) is 0 Å². The Morgan fingerprint density at radius 2 is 1.73 bits per heavy atom. The minimum absolute atomic E-state index is 0.0960. The molecule has 158 valence electrons. The highest BCUT2D eigenvalue weighted by Crippen LogP contribution is 2.18. The Hall–Kier alpha value is -3.15. The number of amides is 1. The number of unbranched alkanes of at least 4 members (excludes halogenated alkanes) is 2. The topological polar surface area (TPSA) is 73.2 Å². The maximum Gasteiger partial charge on any atom is 0.325 e. The third kappa shape index (κ3) is 6.17. The van der Waals surface area contributed by atoms with Gasteiger partial charge in [0.15, 0.2) is 0 Å². The molecule has 0 aliphatic heterocycles. The Morgan fingerprint density at radius 3 is 2.53 bits per heavy atom. The number of rotatable bonds is 11. The standard InChI is InChI=1S/C24H29N3O3/c1-30-24(29)18-27-21-13-8-7-12-20(21)26-22(27)14-6-3-9-17-25-23(28)16-15-19-10-4-2-5-11-19/h2,4-5,7-8,10-13H,3,6,9,14-18H2,1H3,(H,25,28). The number of aryl methyl sites for hydroxylation is 2. The summed E-state index contributed by atoms with van der Waals surface area (Å²) < 4.78 is 6.76. The number of imidazole rings is 1. The molecule has 0 aliphatic rings. The Labute approximate surface area is 177 Å². The lowest BCUT2D eigenvalue weighted by Crippen LogP contribution is -2.24. The van der Waals surface area contributed by atoms with Crippen molar-refractivity contribution in [2.24, 2.45) is 0 Å². The number of nitrogens with zero attached hydrogens (tertiary/aromatic N) is 2. The molecule has 3 rings (SSSR count). The Bertz CT molecular complexity index is 966. The summed E-state index contributed by atoms with van der Waals surface area (Å²) in [5.41, 5.74) is 3.02. The lowest BCUT2D eigenvalue weighted by atomic mass is 10.1. The summed E-state index contributed by atoms with van der Waals surface area (Å²) in [6, 6.07) is 17.9. The maximum absolute atomic E-state index is 12.0. The van der Waals surface area contributed by atoms with Crippen LogP contribution in [0.5, 0.6) is 0 Å². The second-order valence-electron chi connectivity index (χ2n) is 7.33. The zero-order valence-electron chi connectivity index (χ0n) is 17.5. The van der Waals surface area contributed by atoms with Gasteiger partial charge in [-0.05, 0) is 37.0 Å². The molecular formula is C24H29N3O3. The molecule has 0 radical (unpaired) electrons. The molecule has 1 amide bonds. The summed E-state index contributed by atoms with van der Waals surface area (Å²) >= 11 is 0. The molecule has 6 nitrogen and oxygen atoms in total. The number of aromatic nitrogens is 2. The van der Waals surface area contributed by atoms with Gasteiger partial charge in [-0.25, -0.2) is 4.98 Å². The predicted octanol–water partition coefficient (Wildman–Crippen LogP) is 3.67. The van der Waals surface area contributed by atoms with Crippen molar-refractivity contribution in [2.45, 2.75) is 45.1 Å². The predicted molar refractivity (Wildman–Crippen MR) is 117 cm³/mol. The summed E-state index contributed by atoms with van der Waals surface area (Å²) in [7, 11) is 1.40. The van der Waals surface area contributed by atoms with Gasteiger partial charge in [0.25, 0.3) is 0 Å². The van der Waals surface area contributed by atoms with Gasteiger partial charge in [0, 0.05) is 19.4 Å². The molecule has 0 atom stereocenters. The smallest absolute Gasteiger partial charge is 0.325 e. The molecule has 0 unspecified atom stereocenters. The van der Waals surface area contributed by atoms with Crippen LogP contribution in [0.3, 0.4) is 0 Å². The van der Waals surface area contributed by atoms with Gasteiger partial charge in [0.2, 0.25) is 5.91 Å². The minimum Gasteiger partial charge on any atom is -0.468 e. The molecule has 2 aromatic carbocycles. The average Bonchev–Trinajstić information content (AvgIpc) is 3.12. The quantitative estimate of drug-likeness (QED) is 0.389. The van der Waals surface area contributed by atoms with E-state index in [0.717, 1.165) is 49.0 Å². The van der Waals surface area contributed by atoms with E-state index in [1.165, 1.54) is 12.7 Å². The number of carbonyl (C=O) groups excluding carboxylic acids is 2. The number of methoxy groups -OCH3 is 1. The van der Waals surface area contributed by atoms with Crippen molar-refractivity contribution in [2.75, 3.05) is 13.7 Å². The summed E-state index contributed by atoms with van der Waals surface area (Å²) in [6.45, 7) is 0.857. The lowest BCUT2D eigenvalue weighted by molar-refractivity contribution is -0.141. The molecule has 1 heterocycles. The maximum atomic E-state index is 12.0. The van der Waals surface area contributed by atoms with E-state index in [0.29, 0.717) is 13.0 Å². The molecule has 30 heavy (non-hydrogen) atoms. The number of benzene rings is 2. The molecule has 0 aliphatic carbocycles. The fourth-order valence-electron chi connectivity index (χ4n) is 3.49. The zero-order chi connectivity index (χ0) is 21.2. The Kier molecular flexibility index (Phi) is 8.01. The van der Waals surface area contributed by atoms with Crippen LogP contribution in [0.15, 0.2) is 54.6 Å². The number of hydrogen-bond acceptors (Lipinski definition) is 4. The van der Waals surface area contributed by atoms with Crippen molar-refractivity contribution >= 4 is 22.9 Å². The van der Waals surface area contributed by atoms with Crippen LogP contribution in [-0.4, -0.2) is 35.1 Å². The van der Waals surface area contributed by atoms with Crippen molar-refractivity contribution in [3.05, 3.63) is 66.0 Å². The SMILES string of the molecule is COC(=O)Cn1c(CCCCCNC(=O)CCc2ccccc2)nc2ccccc21. The van der Waals surface area contributed by atoms with E-state index in [9.17, 15) is 9.59 Å². The molecule has 1 N–H and O–H groups in total. The molecule has 3 aromatic rings. The van der Waals surface area contributed by atoms with Gasteiger partial charge in [0.1, 0.15) is 12.4 Å². The lowest BCUT2D eigenvalue weighted by Gasteiger charge is -2.08. The number of nitrogens with one attached hydrogen (secondary N) is 1. The Balaban J connectivity index is 1.40. The van der Waals surface area contributed by atoms with Crippen LogP contribution in [0.25, 0.3) is 11.0 Å². The van der Waals surface area contributed by atoms with Crippen molar-refractivity contribution in [3.8, 4) is 0 Å². The van der Waals surface area contributed by atoms with E-state index >= 15 is 0 Å². The molecule has 0 saturated carbocycles. The van der Waals surface area contributed by atoms with Crippen molar-refractivity contribution in [1.82, 2.24) is 14.9 Å². The third-order valence-electron chi connectivity index (χ3n) is 5.13. The van der Waals surface area contributed by atoms with Crippen LogP contribution in [0.2, 0.25) is 0 Å². The largest absolute Gasteiger partial charge is 0.468 e. The third-order valence-corrected chi connectivity index (χ3v) is 5.13. The van der Waals surface area contributed by atoms with Gasteiger partial charge in [0.05, 0.1) is 18.1 Å². The van der Waals surface area contributed by atoms with Crippen LogP contribution < -0.4 is 5.32 Å². The number of hydrogen-bond donors (Lipinski definition) is 1. The van der Waals surface area contributed by atoms with E-state index in [1.54, 1.807) is 0 Å². The molecule has 1 aromatic heterocycles. The first-order valence-electron chi connectivity index (χ1n) is 10.5. The number of carbonyl (C=O) groups is 2. The van der Waals surface area contributed by atoms with E-state index in [1.807, 2.05) is 59.2 Å². The molecule has 6 heteroatoms. The van der Waals surface area contributed by atoms with Crippen LogP contribution in [-0.2, 0) is 33.7 Å². The van der Waals surface area contributed by atoms with Crippen LogP contribution in [0.4, 0.5) is 0 Å². The summed E-state index contributed by atoms with van der Waals surface area (Å²) in [5.74, 6) is 0.713. The highest BCUT2D eigenvalue weighted by Gasteiger charge is 2.13. The zero-order valence-corrected chi connectivity index (χ0v) is 17.5. The van der Waals surface area contributed by atoms with Crippen LogP contribution in [0, 0.1) is 0 Å². The first kappa shape index (κ1) is 21.6. The number of esters is 1. The van der Waals surface area contributed by atoms with Crippen LogP contribution >= 0.6 is 0 Å². The van der Waals surface area contributed by atoms with E-state index < -0.39 is 0 Å². The fraction of sp³-hybridized carbons (Fsp3) is 0.375. The van der Waals surface area contributed by atoms with E-state index in [-0.39, 0.29) is 18.4 Å². The first-order chi connectivity index (χ1) is 14.7. The van der Waals surface area contributed by atoms with Gasteiger partial charge < -0.3 is 14.6 Å². The average molecular weight is 408 g/mol. The van der Waals surface area contributed by atoms with Gasteiger partial charge in [-0.15, -0.1) is 0 Å². The van der Waals surface area contributed by atoms with Gasteiger partial charge in [-0.3, -0.25) is 9.59 Å². The first-order valence-corrected chi connectivity index (χ1v) is 10.5. The molecule has 0 bridgehead atoms. The molecular weight excluding hydrogens is 378 g/mol. The highest BCUT2D eigenvalue weighted by molar-refractivity contribution is 5.79. The van der Waals surface area contributed by atoms with Crippen molar-refractivity contribution in [1.29, 1.82) is 0 Å². The summed E-state index contributed by atoms with van der Waals surface area (Å²) in [6.07, 6.45) is 4.93. The van der Waals surface area contributed by atoms with E-state index in [4.69, 9.17) is 4.74 Å². The van der Waals surface area contributed by atoms with E-state index in [2.05, 4.69) is 10.3 Å². The van der Waals surface area contributed by atoms with Crippen molar-refractivity contribution < 1.29 is 14.3 Å². The summed E-state index contributed by atoms with van der Waals surface area (Å²) in [5, 5.41) is 3.00. The number of fused-ring (bicyclic) bond motifs is 1. The van der Waals surface area contributed by atoms with Gasteiger partial charge >= 0.3 is 5.97 Å².